The zero-order valence-corrected chi connectivity index (χ0v) is 18.3. The summed E-state index contributed by atoms with van der Waals surface area (Å²) in [5, 5.41) is 0.966. The number of fused-ring (bicyclic) bond motifs is 1. The minimum absolute atomic E-state index is 0.0256. The number of amides is 1. The Balaban J connectivity index is 1.41. The Bertz CT molecular complexity index is 1700. The summed E-state index contributed by atoms with van der Waals surface area (Å²) >= 11 is 0. The number of ketones is 1. The van der Waals surface area contributed by atoms with E-state index >= 15 is 0 Å². The first-order valence-corrected chi connectivity index (χ1v) is 10.6. The van der Waals surface area contributed by atoms with Crippen molar-refractivity contribution in [3.8, 4) is 0 Å². The molecule has 2 aromatic heterocycles. The maximum atomic E-state index is 14.6. The van der Waals surface area contributed by atoms with Gasteiger partial charge in [0.1, 0.15) is 11.6 Å². The standard InChI is InChI=1S/C25H16F2N4O5/c26-16-4-6-20-18(11-16)23(33)29-25(35)30(20)13-14-3-5-19(27)17(10-14)24(34)31-8-7-15(12-28-31)22(32)21-2-1-9-36-21/h1-12,28H,13H2,(H,29,33,35). The fourth-order valence-electron chi connectivity index (χ4n) is 3.77. The van der Waals surface area contributed by atoms with E-state index in [0.717, 1.165) is 23.2 Å². The summed E-state index contributed by atoms with van der Waals surface area (Å²) in [7, 11) is 0. The predicted octanol–water partition coefficient (Wildman–Crippen LogP) is 2.85. The van der Waals surface area contributed by atoms with Crippen molar-refractivity contribution in [2.24, 2.45) is 0 Å². The minimum Gasteiger partial charge on any atom is -0.461 e. The van der Waals surface area contributed by atoms with Crippen molar-refractivity contribution in [1.82, 2.24) is 20.0 Å². The first-order chi connectivity index (χ1) is 17.3. The smallest absolute Gasteiger partial charge is 0.329 e. The maximum absolute atomic E-state index is 14.6. The molecule has 11 heteroatoms. The molecule has 2 N–H and O–H groups in total. The van der Waals surface area contributed by atoms with Crippen LogP contribution in [0.4, 0.5) is 8.78 Å². The Morgan fingerprint density at radius 2 is 1.86 bits per heavy atom. The van der Waals surface area contributed by atoms with E-state index in [1.54, 1.807) is 6.07 Å². The monoisotopic (exact) mass is 490 g/mol. The van der Waals surface area contributed by atoms with Crippen molar-refractivity contribution in [1.29, 1.82) is 0 Å². The third-order valence-corrected chi connectivity index (χ3v) is 5.55. The molecule has 0 atom stereocenters. The van der Waals surface area contributed by atoms with Crippen LogP contribution in [0.3, 0.4) is 0 Å². The number of nitrogens with one attached hydrogen (secondary N) is 2. The number of halogens is 2. The highest BCUT2D eigenvalue weighted by molar-refractivity contribution is 6.09. The molecule has 1 aliphatic heterocycles. The second-order valence-corrected chi connectivity index (χ2v) is 7.85. The highest BCUT2D eigenvalue weighted by Gasteiger charge is 2.22. The fourth-order valence-corrected chi connectivity index (χ4v) is 3.77. The van der Waals surface area contributed by atoms with Crippen LogP contribution in [-0.2, 0) is 6.54 Å². The van der Waals surface area contributed by atoms with Crippen molar-refractivity contribution in [3.63, 3.8) is 0 Å². The predicted molar refractivity (Wildman–Crippen MR) is 124 cm³/mol. The number of rotatable bonds is 5. The van der Waals surface area contributed by atoms with Crippen LogP contribution in [0.25, 0.3) is 10.9 Å². The lowest BCUT2D eigenvalue weighted by atomic mass is 10.1. The molecule has 180 valence electrons. The number of carbonyl (C=O) groups is 2. The van der Waals surface area contributed by atoms with Gasteiger partial charge in [0.25, 0.3) is 11.5 Å². The third kappa shape index (κ3) is 4.13. The Hall–Kier alpha value is -5.06. The molecule has 0 unspecified atom stereocenters. The van der Waals surface area contributed by atoms with Crippen molar-refractivity contribution < 1.29 is 22.8 Å². The number of nitrogens with zero attached hydrogens (tertiary/aromatic N) is 2. The van der Waals surface area contributed by atoms with Crippen molar-refractivity contribution in [2.45, 2.75) is 6.54 Å². The van der Waals surface area contributed by atoms with Gasteiger partial charge >= 0.3 is 5.69 Å². The number of Topliss-reactive ketones (excluding diaryl/α,β-unsaturated/α-hetero) is 1. The van der Waals surface area contributed by atoms with Crippen LogP contribution in [-0.4, -0.2) is 26.3 Å². The van der Waals surface area contributed by atoms with Crippen LogP contribution in [0.5, 0.6) is 0 Å². The molecule has 0 bridgehead atoms. The van der Waals surface area contributed by atoms with Gasteiger partial charge in [0.2, 0.25) is 5.78 Å². The molecule has 2 aromatic carbocycles. The van der Waals surface area contributed by atoms with Gasteiger partial charge < -0.3 is 4.42 Å². The molecule has 5 rings (SSSR count). The van der Waals surface area contributed by atoms with Crippen molar-refractivity contribution >= 4 is 22.6 Å². The minimum atomic E-state index is -0.805. The summed E-state index contributed by atoms with van der Waals surface area (Å²) in [4.78, 5) is 52.0. The van der Waals surface area contributed by atoms with E-state index in [1.165, 1.54) is 53.6 Å². The summed E-state index contributed by atoms with van der Waals surface area (Å²) < 4.78 is 34.5. The van der Waals surface area contributed by atoms with E-state index in [4.69, 9.17) is 4.42 Å². The molecule has 0 aliphatic carbocycles. The first-order valence-electron chi connectivity index (χ1n) is 10.6. The summed E-state index contributed by atoms with van der Waals surface area (Å²) in [6.45, 7) is -0.122. The van der Waals surface area contributed by atoms with Crippen LogP contribution < -0.4 is 16.7 Å². The SMILES string of the molecule is O=C(C1=CNN(C(=O)c2cc(Cn3c(=O)[nH]c(=O)c4cc(F)ccc43)ccc2F)C=C1)c1ccco1. The number of hydrogen-bond donors (Lipinski definition) is 2. The second-order valence-electron chi connectivity index (χ2n) is 7.85. The molecule has 0 radical (unpaired) electrons. The number of aromatic nitrogens is 2. The fraction of sp³-hybridized carbons (Fsp3) is 0.0400. The van der Waals surface area contributed by atoms with Gasteiger partial charge in [-0.15, -0.1) is 0 Å². The van der Waals surface area contributed by atoms with E-state index in [0.29, 0.717) is 5.56 Å². The van der Waals surface area contributed by atoms with Crippen molar-refractivity contribution in [2.75, 3.05) is 0 Å². The molecule has 0 saturated carbocycles. The first kappa shape index (κ1) is 22.7. The summed E-state index contributed by atoms with van der Waals surface area (Å²) in [5.74, 6) is -2.48. The molecular weight excluding hydrogens is 474 g/mol. The Morgan fingerprint density at radius 3 is 2.58 bits per heavy atom. The summed E-state index contributed by atoms with van der Waals surface area (Å²) in [6, 6.07) is 10.2. The molecule has 4 aromatic rings. The van der Waals surface area contributed by atoms with Gasteiger partial charge in [0.15, 0.2) is 5.76 Å². The number of hydrogen-bond acceptors (Lipinski definition) is 6. The Labute approximate surface area is 200 Å². The van der Waals surface area contributed by atoms with Gasteiger partial charge in [0, 0.05) is 18.0 Å². The maximum Gasteiger partial charge on any atom is 0.329 e. The number of H-pyrrole nitrogens is 1. The summed E-state index contributed by atoms with van der Waals surface area (Å²) in [5.41, 5.74) is 1.64. The normalized spacial score (nSPS) is 12.9. The zero-order chi connectivity index (χ0) is 25.4. The Kier molecular flexibility index (Phi) is 5.65. The lowest BCUT2D eigenvalue weighted by Crippen LogP contribution is -2.38. The van der Waals surface area contributed by atoms with Crippen molar-refractivity contribution in [3.05, 3.63) is 128 Å². The average Bonchev–Trinajstić information content (AvgIpc) is 3.42. The second kappa shape index (κ2) is 8.95. The van der Waals surface area contributed by atoms with Gasteiger partial charge in [-0.25, -0.2) is 18.6 Å². The summed E-state index contributed by atoms with van der Waals surface area (Å²) in [6.07, 6.45) is 5.31. The van der Waals surface area contributed by atoms with Gasteiger partial charge in [-0.05, 0) is 54.1 Å². The molecule has 0 saturated heterocycles. The van der Waals surface area contributed by atoms with Gasteiger partial charge in [-0.3, -0.25) is 29.4 Å². The number of aromatic amines is 1. The van der Waals surface area contributed by atoms with E-state index in [2.05, 4.69) is 10.4 Å². The molecule has 1 amide bonds. The average molecular weight is 490 g/mol. The molecule has 3 heterocycles. The number of carbonyl (C=O) groups excluding carboxylic acids is 2. The van der Waals surface area contributed by atoms with Crippen LogP contribution >= 0.6 is 0 Å². The number of hydrazine groups is 1. The van der Waals surface area contributed by atoms with Gasteiger partial charge in [0.05, 0.1) is 29.3 Å². The lowest BCUT2D eigenvalue weighted by molar-refractivity contribution is 0.0771. The number of furan rings is 1. The van der Waals surface area contributed by atoms with Gasteiger partial charge in [-0.1, -0.05) is 6.07 Å². The molecular formula is C25H16F2N4O5. The third-order valence-electron chi connectivity index (χ3n) is 5.55. The van der Waals surface area contributed by atoms with Crippen LogP contribution in [0.15, 0.2) is 92.8 Å². The largest absolute Gasteiger partial charge is 0.461 e. The number of allylic oxidation sites excluding steroid dienone is 2. The van der Waals surface area contributed by atoms with Gasteiger partial charge in [-0.2, -0.15) is 0 Å². The highest BCUT2D eigenvalue weighted by atomic mass is 19.1. The van der Waals surface area contributed by atoms with Crippen LogP contribution in [0.1, 0.15) is 26.5 Å². The van der Waals surface area contributed by atoms with E-state index in [1.807, 2.05) is 0 Å². The van der Waals surface area contributed by atoms with E-state index in [9.17, 15) is 28.0 Å². The van der Waals surface area contributed by atoms with Crippen LogP contribution in [0.2, 0.25) is 0 Å². The van der Waals surface area contributed by atoms with Crippen LogP contribution in [0, 0.1) is 11.6 Å². The molecule has 0 fully saturated rings. The highest BCUT2D eigenvalue weighted by Crippen LogP contribution is 2.18. The zero-order valence-electron chi connectivity index (χ0n) is 18.3. The van der Waals surface area contributed by atoms with E-state index in [-0.39, 0.29) is 34.3 Å². The Morgan fingerprint density at radius 1 is 1.03 bits per heavy atom. The number of benzene rings is 2. The molecule has 1 aliphatic rings. The molecule has 36 heavy (non-hydrogen) atoms. The topological polar surface area (TPSA) is 117 Å². The molecule has 9 nitrogen and oxygen atoms in total. The van der Waals surface area contributed by atoms with E-state index < -0.39 is 34.6 Å². The quantitative estimate of drug-likeness (QED) is 0.416. The lowest BCUT2D eigenvalue weighted by Gasteiger charge is -2.22. The molecule has 0 spiro atoms.